The first-order chi connectivity index (χ1) is 20.1. The summed E-state index contributed by atoms with van der Waals surface area (Å²) in [5, 5.41) is 3.60. The molecule has 41 heavy (non-hydrogen) atoms. The molecule has 2 aliphatic carbocycles. The smallest absolute Gasteiger partial charge is 0.146 e. The number of rotatable bonds is 2. The van der Waals surface area contributed by atoms with Crippen LogP contribution in [0.15, 0.2) is 121 Å². The standard InChI is InChI=1S/C38H29N3/c1-38(2)31-17-9-6-14-26(31)27-21-20-25(22-32(27)38)40-34-19-11-8-16-29(34)36-35(40)23-30-28-15-7-10-18-33(28)41(37(30)39-36)24-12-4-3-5-13-24/h3-21,23,32H,22H2,1-2H3. The Morgan fingerprint density at radius 1 is 0.659 bits per heavy atom. The van der Waals surface area contributed by atoms with E-state index in [1.807, 2.05) is 0 Å². The van der Waals surface area contributed by atoms with Gasteiger partial charge in [0.15, 0.2) is 0 Å². The molecular formula is C38H29N3. The third kappa shape index (κ3) is 3.01. The molecule has 7 aromatic rings. The van der Waals surface area contributed by atoms with Gasteiger partial charge in [-0.2, -0.15) is 0 Å². The van der Waals surface area contributed by atoms with Crippen LogP contribution in [-0.2, 0) is 5.41 Å². The van der Waals surface area contributed by atoms with Crippen LogP contribution in [0.3, 0.4) is 0 Å². The van der Waals surface area contributed by atoms with Gasteiger partial charge in [0.2, 0.25) is 0 Å². The maximum Gasteiger partial charge on any atom is 0.146 e. The van der Waals surface area contributed by atoms with E-state index in [0.717, 1.165) is 23.3 Å². The van der Waals surface area contributed by atoms with Crippen LogP contribution in [0.2, 0.25) is 0 Å². The fraction of sp³-hybridized carbons (Fsp3) is 0.132. The van der Waals surface area contributed by atoms with E-state index in [2.05, 4.69) is 144 Å². The van der Waals surface area contributed by atoms with Crippen LogP contribution in [0.4, 0.5) is 0 Å². The zero-order valence-electron chi connectivity index (χ0n) is 23.2. The van der Waals surface area contributed by atoms with Crippen molar-refractivity contribution < 1.29 is 0 Å². The predicted octanol–water partition coefficient (Wildman–Crippen LogP) is 9.52. The molecule has 196 valence electrons. The predicted molar refractivity (Wildman–Crippen MR) is 171 cm³/mol. The summed E-state index contributed by atoms with van der Waals surface area (Å²) < 4.78 is 4.79. The van der Waals surface area contributed by atoms with Crippen LogP contribution < -0.4 is 0 Å². The van der Waals surface area contributed by atoms with Crippen LogP contribution >= 0.6 is 0 Å². The molecule has 0 amide bonds. The molecule has 4 aromatic carbocycles. The van der Waals surface area contributed by atoms with Crippen LogP contribution in [0.1, 0.15) is 31.4 Å². The Bertz CT molecular complexity index is 2260. The van der Waals surface area contributed by atoms with Crippen LogP contribution in [-0.4, -0.2) is 14.1 Å². The van der Waals surface area contributed by atoms with Gasteiger partial charge < -0.3 is 4.57 Å². The molecule has 1 atom stereocenters. The lowest BCUT2D eigenvalue weighted by Gasteiger charge is -2.32. The second-order valence-corrected chi connectivity index (χ2v) is 12.1. The first kappa shape index (κ1) is 22.9. The van der Waals surface area contributed by atoms with Gasteiger partial charge in [-0.1, -0.05) is 98.8 Å². The fourth-order valence-electron chi connectivity index (χ4n) is 7.65. The fourth-order valence-corrected chi connectivity index (χ4v) is 7.65. The molecular weight excluding hydrogens is 498 g/mol. The molecule has 1 unspecified atom stereocenters. The topological polar surface area (TPSA) is 22.8 Å². The lowest BCUT2D eigenvalue weighted by molar-refractivity contribution is 0.415. The Hall–Kier alpha value is -4.89. The molecule has 0 spiro atoms. The zero-order valence-corrected chi connectivity index (χ0v) is 23.2. The van der Waals surface area contributed by atoms with Gasteiger partial charge in [0, 0.05) is 27.5 Å². The molecule has 0 saturated heterocycles. The Morgan fingerprint density at radius 2 is 1.34 bits per heavy atom. The number of nitrogens with zero attached hydrogens (tertiary/aromatic N) is 3. The maximum atomic E-state index is 5.46. The molecule has 0 radical (unpaired) electrons. The highest BCUT2D eigenvalue weighted by molar-refractivity contribution is 6.16. The van der Waals surface area contributed by atoms with Crippen molar-refractivity contribution in [2.75, 3.05) is 0 Å². The quantitative estimate of drug-likeness (QED) is 0.219. The van der Waals surface area contributed by atoms with Crippen molar-refractivity contribution in [2.45, 2.75) is 25.7 Å². The number of pyridine rings is 1. The van der Waals surface area contributed by atoms with E-state index in [-0.39, 0.29) is 5.41 Å². The van der Waals surface area contributed by atoms with Crippen molar-refractivity contribution in [3.05, 3.63) is 132 Å². The second kappa shape index (κ2) is 8.08. The number of fused-ring (bicyclic) bond motifs is 9. The summed E-state index contributed by atoms with van der Waals surface area (Å²) in [6.07, 6.45) is 5.73. The van der Waals surface area contributed by atoms with Gasteiger partial charge >= 0.3 is 0 Å². The number of hydrogen-bond donors (Lipinski definition) is 0. The first-order valence-electron chi connectivity index (χ1n) is 14.5. The third-order valence-electron chi connectivity index (χ3n) is 9.62. The van der Waals surface area contributed by atoms with Crippen molar-refractivity contribution in [1.29, 1.82) is 0 Å². The minimum atomic E-state index is 0.0787. The normalized spacial score (nSPS) is 17.7. The SMILES string of the molecule is CC1(C)c2ccccc2C2=CC=C(n3c4ccccc4c4nc5c(cc43)c3ccccc3n5-c3ccccc3)CC21. The third-order valence-corrected chi connectivity index (χ3v) is 9.62. The average Bonchev–Trinajstić information content (AvgIpc) is 3.60. The Morgan fingerprint density at radius 3 is 2.17 bits per heavy atom. The molecule has 0 aliphatic heterocycles. The van der Waals surface area contributed by atoms with E-state index < -0.39 is 0 Å². The summed E-state index contributed by atoms with van der Waals surface area (Å²) in [6.45, 7) is 4.82. The van der Waals surface area contributed by atoms with Crippen molar-refractivity contribution in [2.24, 2.45) is 5.92 Å². The highest BCUT2D eigenvalue weighted by Gasteiger charge is 2.44. The van der Waals surface area contributed by atoms with Gasteiger partial charge in [0.25, 0.3) is 0 Å². The van der Waals surface area contributed by atoms with Crippen LogP contribution in [0.25, 0.3) is 60.8 Å². The first-order valence-corrected chi connectivity index (χ1v) is 14.5. The summed E-state index contributed by atoms with van der Waals surface area (Å²) >= 11 is 0. The highest BCUT2D eigenvalue weighted by Crippen LogP contribution is 2.54. The van der Waals surface area contributed by atoms with Crippen LogP contribution in [0.5, 0.6) is 0 Å². The lowest BCUT2D eigenvalue weighted by Crippen LogP contribution is -2.25. The maximum absolute atomic E-state index is 5.46. The largest absolute Gasteiger partial charge is 0.311 e. The van der Waals surface area contributed by atoms with E-state index in [9.17, 15) is 0 Å². The molecule has 0 saturated carbocycles. The van der Waals surface area contributed by atoms with Crippen LogP contribution in [0, 0.1) is 5.92 Å². The van der Waals surface area contributed by atoms with E-state index in [1.54, 1.807) is 0 Å². The van der Waals surface area contributed by atoms with E-state index in [1.165, 1.54) is 55.1 Å². The van der Waals surface area contributed by atoms with E-state index in [4.69, 9.17) is 4.98 Å². The van der Waals surface area contributed by atoms with Gasteiger partial charge in [0.05, 0.1) is 22.1 Å². The molecule has 3 nitrogen and oxygen atoms in total. The minimum absolute atomic E-state index is 0.0787. The number of para-hydroxylation sites is 3. The Kier molecular flexibility index (Phi) is 4.51. The van der Waals surface area contributed by atoms with Crippen molar-refractivity contribution in [3.8, 4) is 5.69 Å². The molecule has 3 aromatic heterocycles. The average molecular weight is 528 g/mol. The zero-order chi connectivity index (χ0) is 27.3. The van der Waals surface area contributed by atoms with Gasteiger partial charge in [-0.25, -0.2) is 4.98 Å². The molecule has 2 aliphatic rings. The Balaban J connectivity index is 1.34. The monoisotopic (exact) mass is 527 g/mol. The number of allylic oxidation sites excluding steroid dienone is 4. The number of aromatic nitrogens is 3. The van der Waals surface area contributed by atoms with E-state index in [0.29, 0.717) is 5.92 Å². The second-order valence-electron chi connectivity index (χ2n) is 12.1. The molecule has 3 heteroatoms. The summed E-state index contributed by atoms with van der Waals surface area (Å²) in [5.74, 6) is 0.438. The van der Waals surface area contributed by atoms with Gasteiger partial charge in [-0.15, -0.1) is 0 Å². The summed E-state index contributed by atoms with van der Waals surface area (Å²) in [4.78, 5) is 5.46. The number of hydrogen-bond acceptors (Lipinski definition) is 1. The summed E-state index contributed by atoms with van der Waals surface area (Å²) in [6, 6.07) is 39.4. The molecule has 3 heterocycles. The van der Waals surface area contributed by atoms with E-state index >= 15 is 0 Å². The summed E-state index contributed by atoms with van der Waals surface area (Å²) in [7, 11) is 0. The molecule has 0 fully saturated rings. The highest BCUT2D eigenvalue weighted by atomic mass is 15.1. The van der Waals surface area contributed by atoms with Crippen molar-refractivity contribution >= 4 is 55.1 Å². The lowest BCUT2D eigenvalue weighted by atomic mass is 9.74. The minimum Gasteiger partial charge on any atom is -0.311 e. The van der Waals surface area contributed by atoms with Gasteiger partial charge in [-0.3, -0.25) is 4.57 Å². The molecule has 9 rings (SSSR count). The van der Waals surface area contributed by atoms with Gasteiger partial charge in [0.1, 0.15) is 5.65 Å². The summed E-state index contributed by atoms with van der Waals surface area (Å²) in [5.41, 5.74) is 12.5. The van der Waals surface area contributed by atoms with Crippen molar-refractivity contribution in [3.63, 3.8) is 0 Å². The Labute approximate surface area is 238 Å². The molecule has 0 bridgehead atoms. The number of benzene rings is 4. The van der Waals surface area contributed by atoms with Gasteiger partial charge in [-0.05, 0) is 70.9 Å². The van der Waals surface area contributed by atoms with Crippen molar-refractivity contribution in [1.82, 2.24) is 14.1 Å². The molecule has 0 N–H and O–H groups in total.